The van der Waals surface area contributed by atoms with E-state index < -0.39 is 17.8 Å². The topological polar surface area (TPSA) is 70.1 Å². The molecule has 2 rings (SSSR count). The Labute approximate surface area is 127 Å². The third-order valence-corrected chi connectivity index (χ3v) is 3.60. The van der Waals surface area contributed by atoms with E-state index in [2.05, 4.69) is 0 Å². The van der Waals surface area contributed by atoms with Gasteiger partial charge in [-0.3, -0.25) is 9.63 Å². The number of halogens is 1. The van der Waals surface area contributed by atoms with Gasteiger partial charge in [-0.25, -0.2) is 14.2 Å². The van der Waals surface area contributed by atoms with Gasteiger partial charge in [0, 0.05) is 25.7 Å². The van der Waals surface area contributed by atoms with Crippen molar-refractivity contribution in [3.05, 3.63) is 41.2 Å². The summed E-state index contributed by atoms with van der Waals surface area (Å²) in [6.07, 6.45) is 0.975. The summed E-state index contributed by atoms with van der Waals surface area (Å²) in [5, 5.41) is 9.96. The molecule has 1 aliphatic rings. The van der Waals surface area contributed by atoms with Crippen LogP contribution in [-0.4, -0.2) is 54.3 Å². The predicted molar refractivity (Wildman–Crippen MR) is 77.7 cm³/mol. The summed E-state index contributed by atoms with van der Waals surface area (Å²) in [5.41, 5.74) is 1.03. The lowest BCUT2D eigenvalue weighted by Gasteiger charge is -2.25. The second-order valence-electron chi connectivity index (χ2n) is 4.86. The monoisotopic (exact) mass is 308 g/mol. The molecule has 6 nitrogen and oxygen atoms in total. The fourth-order valence-electron chi connectivity index (χ4n) is 2.35. The van der Waals surface area contributed by atoms with Gasteiger partial charge in [-0.15, -0.1) is 0 Å². The van der Waals surface area contributed by atoms with Crippen LogP contribution in [0.25, 0.3) is 5.57 Å². The average Bonchev–Trinajstić information content (AvgIpc) is 2.53. The molecule has 0 radical (unpaired) electrons. The van der Waals surface area contributed by atoms with E-state index in [-0.39, 0.29) is 24.2 Å². The Balaban J connectivity index is 2.39. The summed E-state index contributed by atoms with van der Waals surface area (Å²) >= 11 is 0. The van der Waals surface area contributed by atoms with Crippen molar-refractivity contribution < 1.29 is 23.9 Å². The third kappa shape index (κ3) is 3.09. The van der Waals surface area contributed by atoms with E-state index >= 15 is 0 Å². The molecule has 118 valence electrons. The van der Waals surface area contributed by atoms with Gasteiger partial charge in [-0.05, 0) is 24.1 Å². The Kier molecular flexibility index (Phi) is 4.77. The Hall–Kier alpha value is -2.41. The SMILES string of the molecule is CON(C)C(=O)c1cccc(F)c1C1=CCN(C(=O)O)CC1. The molecule has 0 saturated carbocycles. The minimum Gasteiger partial charge on any atom is -0.465 e. The first-order chi connectivity index (χ1) is 10.5. The van der Waals surface area contributed by atoms with Gasteiger partial charge in [0.2, 0.25) is 0 Å². The molecule has 1 aromatic carbocycles. The van der Waals surface area contributed by atoms with E-state index in [1.165, 1.54) is 37.3 Å². The summed E-state index contributed by atoms with van der Waals surface area (Å²) < 4.78 is 14.2. The molecule has 2 amide bonds. The van der Waals surface area contributed by atoms with Crippen LogP contribution < -0.4 is 0 Å². The lowest BCUT2D eigenvalue weighted by atomic mass is 9.94. The van der Waals surface area contributed by atoms with E-state index in [1.54, 1.807) is 6.08 Å². The quantitative estimate of drug-likeness (QED) is 0.869. The summed E-state index contributed by atoms with van der Waals surface area (Å²) in [6, 6.07) is 4.27. The van der Waals surface area contributed by atoms with Crippen molar-refractivity contribution in [3.8, 4) is 0 Å². The van der Waals surface area contributed by atoms with Crippen molar-refractivity contribution in [2.45, 2.75) is 6.42 Å². The number of hydroxylamine groups is 2. The van der Waals surface area contributed by atoms with E-state index in [0.29, 0.717) is 12.0 Å². The number of nitrogens with zero attached hydrogens (tertiary/aromatic N) is 2. The smallest absolute Gasteiger partial charge is 0.407 e. The van der Waals surface area contributed by atoms with Crippen LogP contribution in [0.3, 0.4) is 0 Å². The van der Waals surface area contributed by atoms with Gasteiger partial charge < -0.3 is 10.0 Å². The molecule has 7 heteroatoms. The average molecular weight is 308 g/mol. The van der Waals surface area contributed by atoms with Crippen LogP contribution in [0.1, 0.15) is 22.3 Å². The molecule has 0 atom stereocenters. The number of amides is 2. The van der Waals surface area contributed by atoms with E-state index in [0.717, 1.165) is 5.06 Å². The molecular weight excluding hydrogens is 291 g/mol. The van der Waals surface area contributed by atoms with Crippen LogP contribution in [0.15, 0.2) is 24.3 Å². The lowest BCUT2D eigenvalue weighted by Crippen LogP contribution is -2.33. The minimum atomic E-state index is -1.01. The predicted octanol–water partition coefficient (Wildman–Crippen LogP) is 2.23. The summed E-state index contributed by atoms with van der Waals surface area (Å²) in [5.74, 6) is -0.969. The fraction of sp³-hybridized carbons (Fsp3) is 0.333. The van der Waals surface area contributed by atoms with Crippen molar-refractivity contribution >= 4 is 17.6 Å². The van der Waals surface area contributed by atoms with Gasteiger partial charge >= 0.3 is 6.09 Å². The molecule has 0 aromatic heterocycles. The highest BCUT2D eigenvalue weighted by atomic mass is 19.1. The van der Waals surface area contributed by atoms with Crippen molar-refractivity contribution in [2.75, 3.05) is 27.2 Å². The zero-order valence-electron chi connectivity index (χ0n) is 12.4. The number of carbonyl (C=O) groups excluding carboxylic acids is 1. The maximum Gasteiger partial charge on any atom is 0.407 e. The number of hydrogen-bond acceptors (Lipinski definition) is 3. The number of rotatable bonds is 3. The first-order valence-corrected chi connectivity index (χ1v) is 6.73. The van der Waals surface area contributed by atoms with Gasteiger partial charge in [-0.1, -0.05) is 12.1 Å². The standard InChI is InChI=1S/C15H17FN2O4/c1-17(22-2)14(19)11-4-3-5-12(16)13(11)10-6-8-18(9-7-10)15(20)21/h3-6H,7-9H2,1-2H3,(H,20,21). The summed E-state index contributed by atoms with van der Waals surface area (Å²) in [6.45, 7) is 0.440. The second kappa shape index (κ2) is 6.57. The molecule has 0 unspecified atom stereocenters. The number of carbonyl (C=O) groups is 2. The van der Waals surface area contributed by atoms with Gasteiger partial charge in [0.15, 0.2) is 0 Å². The molecule has 22 heavy (non-hydrogen) atoms. The Morgan fingerprint density at radius 1 is 1.41 bits per heavy atom. The zero-order valence-corrected chi connectivity index (χ0v) is 12.4. The first-order valence-electron chi connectivity index (χ1n) is 6.73. The van der Waals surface area contributed by atoms with Crippen molar-refractivity contribution in [1.82, 2.24) is 9.96 Å². The van der Waals surface area contributed by atoms with Crippen molar-refractivity contribution in [3.63, 3.8) is 0 Å². The molecule has 1 aliphatic heterocycles. The molecular formula is C15H17FN2O4. The van der Waals surface area contributed by atoms with Crippen LogP contribution in [0.2, 0.25) is 0 Å². The molecule has 1 heterocycles. The zero-order chi connectivity index (χ0) is 16.3. The number of benzene rings is 1. The maximum atomic E-state index is 14.2. The Morgan fingerprint density at radius 2 is 2.14 bits per heavy atom. The van der Waals surface area contributed by atoms with Crippen LogP contribution in [0, 0.1) is 5.82 Å². The van der Waals surface area contributed by atoms with E-state index in [9.17, 15) is 14.0 Å². The molecule has 0 aliphatic carbocycles. The van der Waals surface area contributed by atoms with E-state index in [4.69, 9.17) is 9.94 Å². The summed E-state index contributed by atoms with van der Waals surface area (Å²) in [7, 11) is 2.79. The van der Waals surface area contributed by atoms with Crippen molar-refractivity contribution in [1.29, 1.82) is 0 Å². The fourth-order valence-corrected chi connectivity index (χ4v) is 2.35. The Bertz CT molecular complexity index is 630. The van der Waals surface area contributed by atoms with Crippen LogP contribution in [0.4, 0.5) is 9.18 Å². The van der Waals surface area contributed by atoms with Gasteiger partial charge in [0.1, 0.15) is 5.82 Å². The molecule has 1 aromatic rings. The molecule has 0 spiro atoms. The van der Waals surface area contributed by atoms with Crippen LogP contribution in [0.5, 0.6) is 0 Å². The molecule has 0 bridgehead atoms. The number of hydrogen-bond donors (Lipinski definition) is 1. The summed E-state index contributed by atoms with van der Waals surface area (Å²) in [4.78, 5) is 29.3. The van der Waals surface area contributed by atoms with Gasteiger partial charge in [-0.2, -0.15) is 0 Å². The maximum absolute atomic E-state index is 14.2. The van der Waals surface area contributed by atoms with E-state index in [1.807, 2.05) is 0 Å². The molecule has 0 fully saturated rings. The minimum absolute atomic E-state index is 0.173. The van der Waals surface area contributed by atoms with Gasteiger partial charge in [0.25, 0.3) is 5.91 Å². The highest BCUT2D eigenvalue weighted by Gasteiger charge is 2.24. The van der Waals surface area contributed by atoms with Crippen molar-refractivity contribution in [2.24, 2.45) is 0 Å². The lowest BCUT2D eigenvalue weighted by molar-refractivity contribution is -0.0757. The third-order valence-electron chi connectivity index (χ3n) is 3.60. The highest BCUT2D eigenvalue weighted by Crippen LogP contribution is 2.28. The second-order valence-corrected chi connectivity index (χ2v) is 4.86. The molecule has 0 saturated heterocycles. The van der Waals surface area contributed by atoms with Gasteiger partial charge in [0.05, 0.1) is 12.7 Å². The number of carboxylic acid groups (broad SMARTS) is 1. The largest absolute Gasteiger partial charge is 0.465 e. The Morgan fingerprint density at radius 3 is 2.68 bits per heavy atom. The first kappa shape index (κ1) is 16.0. The molecule has 1 N–H and O–H groups in total. The normalized spacial score (nSPS) is 14.5. The highest BCUT2D eigenvalue weighted by molar-refractivity contribution is 5.98. The van der Waals surface area contributed by atoms with Crippen LogP contribution >= 0.6 is 0 Å². The van der Waals surface area contributed by atoms with Crippen LogP contribution in [-0.2, 0) is 4.84 Å².